The maximum absolute atomic E-state index is 12.5. The molecule has 6 heteroatoms. The number of amides is 1. The Hall–Kier alpha value is -2.37. The van der Waals surface area contributed by atoms with Crippen LogP contribution in [0.2, 0.25) is 0 Å². The number of aryl methyl sites for hydroxylation is 2. The van der Waals surface area contributed by atoms with Crippen molar-refractivity contribution in [3.8, 4) is 0 Å². The highest BCUT2D eigenvalue weighted by atomic mass is 16.4. The van der Waals surface area contributed by atoms with Crippen molar-refractivity contribution in [3.63, 3.8) is 0 Å². The largest absolute Gasteiger partial charge is 0.480 e. The highest BCUT2D eigenvalue weighted by Crippen LogP contribution is 2.15. The second-order valence-electron chi connectivity index (χ2n) is 5.35. The van der Waals surface area contributed by atoms with Gasteiger partial charge < -0.3 is 10.4 Å². The molecule has 0 aromatic carbocycles. The van der Waals surface area contributed by atoms with E-state index in [4.69, 9.17) is 0 Å². The van der Waals surface area contributed by atoms with Crippen molar-refractivity contribution < 1.29 is 14.7 Å². The zero-order valence-electron chi connectivity index (χ0n) is 13.1. The van der Waals surface area contributed by atoms with Crippen LogP contribution < -0.4 is 5.32 Å². The first-order chi connectivity index (χ1) is 10.5. The number of hydrogen-bond donors (Lipinski definition) is 2. The number of nitrogens with zero attached hydrogens (tertiary/aromatic N) is 2. The summed E-state index contributed by atoms with van der Waals surface area (Å²) in [5, 5.41) is 11.8. The van der Waals surface area contributed by atoms with Crippen LogP contribution in [0.4, 0.5) is 0 Å². The first-order valence-corrected chi connectivity index (χ1v) is 7.49. The lowest BCUT2D eigenvalue weighted by molar-refractivity contribution is -0.139. The van der Waals surface area contributed by atoms with Crippen molar-refractivity contribution in [1.29, 1.82) is 0 Å². The standard InChI is InChI=1S/C16H21N3O3/c1-4-6-12(16(21)22)18-15(20)14-11(5-2)17-13-9-10(3)7-8-19(13)14/h7-9,12H,4-6H2,1-3H3,(H,18,20)(H,21,22). The van der Waals surface area contributed by atoms with Gasteiger partial charge in [0, 0.05) is 6.20 Å². The fourth-order valence-corrected chi connectivity index (χ4v) is 2.45. The van der Waals surface area contributed by atoms with E-state index in [1.54, 1.807) is 10.6 Å². The van der Waals surface area contributed by atoms with Gasteiger partial charge in [-0.15, -0.1) is 0 Å². The number of nitrogens with one attached hydrogen (secondary N) is 1. The van der Waals surface area contributed by atoms with E-state index in [0.29, 0.717) is 36.3 Å². The lowest BCUT2D eigenvalue weighted by Gasteiger charge is -2.14. The Morgan fingerprint density at radius 2 is 2.14 bits per heavy atom. The lowest BCUT2D eigenvalue weighted by Crippen LogP contribution is -2.41. The van der Waals surface area contributed by atoms with Crippen molar-refractivity contribution in [2.45, 2.75) is 46.1 Å². The highest BCUT2D eigenvalue weighted by molar-refractivity contribution is 5.97. The number of carbonyl (C=O) groups excluding carboxylic acids is 1. The Morgan fingerprint density at radius 3 is 2.73 bits per heavy atom. The normalized spacial score (nSPS) is 12.3. The van der Waals surface area contributed by atoms with Crippen molar-refractivity contribution in [2.24, 2.45) is 0 Å². The number of aliphatic carboxylic acids is 1. The van der Waals surface area contributed by atoms with Gasteiger partial charge in [-0.3, -0.25) is 9.20 Å². The van der Waals surface area contributed by atoms with Gasteiger partial charge in [-0.2, -0.15) is 0 Å². The number of rotatable bonds is 6. The van der Waals surface area contributed by atoms with Gasteiger partial charge in [0.2, 0.25) is 0 Å². The second-order valence-corrected chi connectivity index (χ2v) is 5.35. The molecule has 6 nitrogen and oxygen atoms in total. The number of imidazole rings is 1. The van der Waals surface area contributed by atoms with E-state index in [9.17, 15) is 14.7 Å². The smallest absolute Gasteiger partial charge is 0.326 e. The average Bonchev–Trinajstić information content (AvgIpc) is 2.84. The van der Waals surface area contributed by atoms with Gasteiger partial charge in [0.1, 0.15) is 17.4 Å². The third-order valence-electron chi connectivity index (χ3n) is 3.58. The third-order valence-corrected chi connectivity index (χ3v) is 3.58. The Kier molecular flexibility index (Phi) is 4.80. The zero-order valence-corrected chi connectivity index (χ0v) is 13.1. The SMILES string of the molecule is CCCC(NC(=O)c1c(CC)nc2cc(C)ccn12)C(=O)O. The summed E-state index contributed by atoms with van der Waals surface area (Å²) in [4.78, 5) is 28.2. The van der Waals surface area contributed by atoms with Crippen LogP contribution >= 0.6 is 0 Å². The van der Waals surface area contributed by atoms with Gasteiger partial charge in [0.25, 0.3) is 5.91 Å². The predicted molar refractivity (Wildman–Crippen MR) is 83.1 cm³/mol. The Balaban J connectivity index is 2.40. The molecule has 2 heterocycles. The van der Waals surface area contributed by atoms with Crippen LogP contribution in [0, 0.1) is 6.92 Å². The van der Waals surface area contributed by atoms with Gasteiger partial charge in [0.05, 0.1) is 5.69 Å². The van der Waals surface area contributed by atoms with Gasteiger partial charge in [0.15, 0.2) is 0 Å². The van der Waals surface area contributed by atoms with E-state index in [1.807, 2.05) is 32.9 Å². The lowest BCUT2D eigenvalue weighted by atomic mass is 10.1. The molecule has 0 aliphatic carbocycles. The first kappa shape index (κ1) is 16.0. The summed E-state index contributed by atoms with van der Waals surface area (Å²) < 4.78 is 1.71. The van der Waals surface area contributed by atoms with Crippen LogP contribution in [0.15, 0.2) is 18.3 Å². The Morgan fingerprint density at radius 1 is 1.41 bits per heavy atom. The van der Waals surface area contributed by atoms with Crippen LogP contribution in [0.25, 0.3) is 5.65 Å². The predicted octanol–water partition coefficient (Wildman–Crippen LogP) is 2.19. The molecular weight excluding hydrogens is 282 g/mol. The van der Waals surface area contributed by atoms with Crippen molar-refractivity contribution in [2.75, 3.05) is 0 Å². The van der Waals surface area contributed by atoms with Crippen molar-refractivity contribution >= 4 is 17.5 Å². The minimum Gasteiger partial charge on any atom is -0.480 e. The van der Waals surface area contributed by atoms with E-state index < -0.39 is 17.9 Å². The van der Waals surface area contributed by atoms with Crippen LogP contribution in [-0.2, 0) is 11.2 Å². The number of aromatic nitrogens is 2. The fourth-order valence-electron chi connectivity index (χ4n) is 2.45. The molecule has 2 N–H and O–H groups in total. The first-order valence-electron chi connectivity index (χ1n) is 7.49. The molecule has 1 atom stereocenters. The number of carbonyl (C=O) groups is 2. The second kappa shape index (κ2) is 6.60. The molecule has 22 heavy (non-hydrogen) atoms. The topological polar surface area (TPSA) is 83.7 Å². The monoisotopic (exact) mass is 303 g/mol. The van der Waals surface area contributed by atoms with E-state index in [-0.39, 0.29) is 0 Å². The fraction of sp³-hybridized carbons (Fsp3) is 0.438. The molecule has 1 unspecified atom stereocenters. The summed E-state index contributed by atoms with van der Waals surface area (Å²) in [5.74, 6) is -1.41. The van der Waals surface area contributed by atoms with E-state index in [2.05, 4.69) is 10.3 Å². The number of fused-ring (bicyclic) bond motifs is 1. The van der Waals surface area contributed by atoms with E-state index >= 15 is 0 Å². The molecule has 0 saturated carbocycles. The molecule has 0 spiro atoms. The molecule has 1 amide bonds. The van der Waals surface area contributed by atoms with Crippen molar-refractivity contribution in [1.82, 2.24) is 14.7 Å². The van der Waals surface area contributed by atoms with Gasteiger partial charge in [-0.05, 0) is 37.5 Å². The minimum atomic E-state index is -1.02. The highest BCUT2D eigenvalue weighted by Gasteiger charge is 2.24. The minimum absolute atomic E-state index is 0.394. The van der Waals surface area contributed by atoms with Crippen LogP contribution in [-0.4, -0.2) is 32.4 Å². The third kappa shape index (κ3) is 3.10. The molecule has 2 aromatic rings. The van der Waals surface area contributed by atoms with E-state index in [0.717, 1.165) is 5.56 Å². The quantitative estimate of drug-likeness (QED) is 0.857. The molecule has 0 aliphatic rings. The van der Waals surface area contributed by atoms with Crippen LogP contribution in [0.1, 0.15) is 48.4 Å². The number of pyridine rings is 1. The van der Waals surface area contributed by atoms with Gasteiger partial charge >= 0.3 is 5.97 Å². The molecule has 2 aromatic heterocycles. The Labute approximate surface area is 129 Å². The number of carboxylic acids is 1. The molecule has 0 bridgehead atoms. The van der Waals surface area contributed by atoms with E-state index in [1.165, 1.54) is 0 Å². The summed E-state index contributed by atoms with van der Waals surface area (Å²) in [7, 11) is 0. The molecule has 0 saturated heterocycles. The molecular formula is C16H21N3O3. The van der Waals surface area contributed by atoms with Gasteiger partial charge in [-0.1, -0.05) is 20.3 Å². The number of carboxylic acid groups (broad SMARTS) is 1. The van der Waals surface area contributed by atoms with Crippen molar-refractivity contribution in [3.05, 3.63) is 35.3 Å². The maximum atomic E-state index is 12.5. The zero-order chi connectivity index (χ0) is 16.3. The summed E-state index contributed by atoms with van der Waals surface area (Å²) in [5.41, 5.74) is 2.84. The molecule has 0 fully saturated rings. The average molecular weight is 303 g/mol. The molecule has 118 valence electrons. The van der Waals surface area contributed by atoms with Crippen LogP contribution in [0.3, 0.4) is 0 Å². The number of hydrogen-bond acceptors (Lipinski definition) is 3. The molecule has 0 radical (unpaired) electrons. The summed E-state index contributed by atoms with van der Waals surface area (Å²) in [6.07, 6.45) is 3.49. The maximum Gasteiger partial charge on any atom is 0.326 e. The van der Waals surface area contributed by atoms with Crippen LogP contribution in [0.5, 0.6) is 0 Å². The molecule has 0 aliphatic heterocycles. The summed E-state index contributed by atoms with van der Waals surface area (Å²) >= 11 is 0. The summed E-state index contributed by atoms with van der Waals surface area (Å²) in [6, 6.07) is 2.92. The van der Waals surface area contributed by atoms with Gasteiger partial charge in [-0.25, -0.2) is 9.78 Å². The Bertz CT molecular complexity index is 706. The summed E-state index contributed by atoms with van der Waals surface area (Å²) in [6.45, 7) is 5.77. The molecule has 2 rings (SSSR count).